The summed E-state index contributed by atoms with van der Waals surface area (Å²) in [5.74, 6) is 0. The molecule has 1 nitrogen and oxygen atoms in total. The summed E-state index contributed by atoms with van der Waals surface area (Å²) in [6, 6.07) is 9.43. The SMILES string of the molecule is CCNC(C1=CCCCC1)c1ccc(SC)cc1. The highest BCUT2D eigenvalue weighted by molar-refractivity contribution is 7.98. The molecule has 1 N–H and O–H groups in total. The number of benzene rings is 1. The van der Waals surface area contributed by atoms with Crippen molar-refractivity contribution in [1.82, 2.24) is 5.32 Å². The molecule has 0 aromatic heterocycles. The molecule has 0 heterocycles. The van der Waals surface area contributed by atoms with Crippen LogP contribution in [0.2, 0.25) is 0 Å². The maximum absolute atomic E-state index is 3.63. The van der Waals surface area contributed by atoms with Crippen LogP contribution in [-0.2, 0) is 0 Å². The summed E-state index contributed by atoms with van der Waals surface area (Å²) in [4.78, 5) is 1.34. The topological polar surface area (TPSA) is 12.0 Å². The molecule has 1 aromatic rings. The van der Waals surface area contributed by atoms with Crippen molar-refractivity contribution in [3.63, 3.8) is 0 Å². The van der Waals surface area contributed by atoms with Crippen LogP contribution in [0.25, 0.3) is 0 Å². The van der Waals surface area contributed by atoms with Gasteiger partial charge in [-0.05, 0) is 56.2 Å². The van der Waals surface area contributed by atoms with E-state index in [0.717, 1.165) is 6.54 Å². The summed E-state index contributed by atoms with van der Waals surface area (Å²) >= 11 is 1.80. The predicted octanol–water partition coefficient (Wildman–Crippen LogP) is 4.56. The lowest BCUT2D eigenvalue weighted by atomic mass is 9.90. The number of thioether (sulfide) groups is 1. The summed E-state index contributed by atoms with van der Waals surface area (Å²) < 4.78 is 0. The molecule has 1 aromatic carbocycles. The molecule has 2 rings (SSSR count). The summed E-state index contributed by atoms with van der Waals surface area (Å²) in [5.41, 5.74) is 2.99. The van der Waals surface area contributed by atoms with Crippen LogP contribution in [0, 0.1) is 0 Å². The second-order valence-electron chi connectivity index (χ2n) is 4.79. The zero-order chi connectivity index (χ0) is 12.8. The Bertz CT molecular complexity index is 394. The van der Waals surface area contributed by atoms with Gasteiger partial charge in [0.25, 0.3) is 0 Å². The lowest BCUT2D eigenvalue weighted by Gasteiger charge is -2.24. The van der Waals surface area contributed by atoms with Crippen LogP contribution in [0.1, 0.15) is 44.2 Å². The van der Waals surface area contributed by atoms with Gasteiger partial charge in [-0.3, -0.25) is 0 Å². The third-order valence-electron chi connectivity index (χ3n) is 3.55. The monoisotopic (exact) mass is 261 g/mol. The molecule has 1 atom stereocenters. The molecular weight excluding hydrogens is 238 g/mol. The third kappa shape index (κ3) is 3.39. The van der Waals surface area contributed by atoms with Crippen molar-refractivity contribution in [3.05, 3.63) is 41.5 Å². The van der Waals surface area contributed by atoms with E-state index >= 15 is 0 Å². The van der Waals surface area contributed by atoms with Crippen molar-refractivity contribution in [2.75, 3.05) is 12.8 Å². The highest BCUT2D eigenvalue weighted by Crippen LogP contribution is 2.30. The van der Waals surface area contributed by atoms with Crippen LogP contribution in [0.3, 0.4) is 0 Å². The van der Waals surface area contributed by atoms with Crippen molar-refractivity contribution in [2.24, 2.45) is 0 Å². The van der Waals surface area contributed by atoms with Gasteiger partial charge in [-0.15, -0.1) is 11.8 Å². The Kier molecular flexibility index (Phi) is 5.33. The van der Waals surface area contributed by atoms with E-state index in [1.54, 1.807) is 17.3 Å². The minimum absolute atomic E-state index is 0.422. The highest BCUT2D eigenvalue weighted by atomic mass is 32.2. The first-order valence-electron chi connectivity index (χ1n) is 6.91. The maximum atomic E-state index is 3.63. The van der Waals surface area contributed by atoms with E-state index in [1.165, 1.54) is 36.1 Å². The molecule has 0 amide bonds. The Morgan fingerprint density at radius 3 is 2.56 bits per heavy atom. The van der Waals surface area contributed by atoms with Gasteiger partial charge in [0.05, 0.1) is 6.04 Å². The molecule has 0 saturated carbocycles. The fourth-order valence-electron chi connectivity index (χ4n) is 2.59. The van der Waals surface area contributed by atoms with Crippen LogP contribution in [0.5, 0.6) is 0 Å². The largest absolute Gasteiger partial charge is 0.307 e. The van der Waals surface area contributed by atoms with Crippen LogP contribution < -0.4 is 5.32 Å². The summed E-state index contributed by atoms with van der Waals surface area (Å²) in [6.45, 7) is 3.21. The molecule has 0 saturated heterocycles. The Labute approximate surface area is 115 Å². The molecule has 2 heteroatoms. The molecular formula is C16H23NS. The summed E-state index contributed by atoms with van der Waals surface area (Å²) in [6.07, 6.45) is 9.77. The van der Waals surface area contributed by atoms with E-state index in [-0.39, 0.29) is 0 Å². The number of hydrogen-bond acceptors (Lipinski definition) is 2. The van der Waals surface area contributed by atoms with Gasteiger partial charge in [0.2, 0.25) is 0 Å². The lowest BCUT2D eigenvalue weighted by Crippen LogP contribution is -2.23. The van der Waals surface area contributed by atoms with E-state index in [9.17, 15) is 0 Å². The Morgan fingerprint density at radius 1 is 1.22 bits per heavy atom. The average molecular weight is 261 g/mol. The van der Waals surface area contributed by atoms with E-state index in [2.05, 4.69) is 48.8 Å². The van der Waals surface area contributed by atoms with E-state index in [1.807, 2.05) is 0 Å². The third-order valence-corrected chi connectivity index (χ3v) is 4.30. The predicted molar refractivity (Wildman–Crippen MR) is 81.2 cm³/mol. The first-order chi connectivity index (χ1) is 8.85. The number of likely N-dealkylation sites (N-methyl/N-ethyl adjacent to an activating group) is 1. The van der Waals surface area contributed by atoms with Gasteiger partial charge in [0.15, 0.2) is 0 Å². The van der Waals surface area contributed by atoms with Crippen LogP contribution in [0.4, 0.5) is 0 Å². The second kappa shape index (κ2) is 7.01. The minimum atomic E-state index is 0.422. The van der Waals surface area contributed by atoms with Crippen LogP contribution in [0.15, 0.2) is 40.8 Å². The Hall–Kier alpha value is -0.730. The van der Waals surface area contributed by atoms with Gasteiger partial charge in [-0.2, -0.15) is 0 Å². The molecule has 0 fully saturated rings. The molecule has 1 aliphatic carbocycles. The average Bonchev–Trinajstić information content (AvgIpc) is 2.46. The van der Waals surface area contributed by atoms with Gasteiger partial charge in [0.1, 0.15) is 0 Å². The van der Waals surface area contributed by atoms with Crippen molar-refractivity contribution in [3.8, 4) is 0 Å². The molecule has 0 spiro atoms. The van der Waals surface area contributed by atoms with Gasteiger partial charge in [0, 0.05) is 4.90 Å². The van der Waals surface area contributed by atoms with Crippen LogP contribution in [-0.4, -0.2) is 12.8 Å². The lowest BCUT2D eigenvalue weighted by molar-refractivity contribution is 0.563. The summed E-state index contributed by atoms with van der Waals surface area (Å²) in [7, 11) is 0. The van der Waals surface area contributed by atoms with Crippen molar-refractivity contribution in [2.45, 2.75) is 43.5 Å². The number of hydrogen-bond donors (Lipinski definition) is 1. The molecule has 98 valence electrons. The maximum Gasteiger partial charge on any atom is 0.0535 e. The zero-order valence-corrected chi connectivity index (χ0v) is 12.2. The number of nitrogens with one attached hydrogen (secondary N) is 1. The fraction of sp³-hybridized carbons (Fsp3) is 0.500. The van der Waals surface area contributed by atoms with Gasteiger partial charge < -0.3 is 5.32 Å². The zero-order valence-electron chi connectivity index (χ0n) is 11.4. The molecule has 1 aliphatic rings. The quantitative estimate of drug-likeness (QED) is 0.616. The standard InChI is InChI=1S/C16H23NS/c1-3-17-16(13-7-5-4-6-8-13)14-9-11-15(18-2)12-10-14/h7,9-12,16-17H,3-6,8H2,1-2H3. The Balaban J connectivity index is 2.19. The van der Waals surface area contributed by atoms with Crippen molar-refractivity contribution < 1.29 is 0 Å². The van der Waals surface area contributed by atoms with Crippen LogP contribution >= 0.6 is 11.8 Å². The fourth-order valence-corrected chi connectivity index (χ4v) is 3.00. The molecule has 1 unspecified atom stereocenters. The number of rotatable bonds is 5. The normalized spacial score (nSPS) is 17.3. The second-order valence-corrected chi connectivity index (χ2v) is 5.67. The van der Waals surface area contributed by atoms with E-state index in [0.29, 0.717) is 6.04 Å². The summed E-state index contributed by atoms with van der Waals surface area (Å²) in [5, 5.41) is 3.63. The first kappa shape index (κ1) is 13.7. The van der Waals surface area contributed by atoms with Gasteiger partial charge in [-0.25, -0.2) is 0 Å². The van der Waals surface area contributed by atoms with Gasteiger partial charge in [-0.1, -0.05) is 30.7 Å². The van der Waals surface area contributed by atoms with E-state index < -0.39 is 0 Å². The minimum Gasteiger partial charge on any atom is -0.307 e. The highest BCUT2D eigenvalue weighted by Gasteiger charge is 2.16. The van der Waals surface area contributed by atoms with Gasteiger partial charge >= 0.3 is 0 Å². The molecule has 0 aliphatic heterocycles. The smallest absolute Gasteiger partial charge is 0.0535 e. The Morgan fingerprint density at radius 2 is 2.00 bits per heavy atom. The van der Waals surface area contributed by atoms with Crippen molar-refractivity contribution >= 4 is 11.8 Å². The molecule has 0 bridgehead atoms. The van der Waals surface area contributed by atoms with E-state index in [4.69, 9.17) is 0 Å². The number of allylic oxidation sites excluding steroid dienone is 1. The molecule has 0 radical (unpaired) electrons. The molecule has 18 heavy (non-hydrogen) atoms. The first-order valence-corrected chi connectivity index (χ1v) is 8.14. The van der Waals surface area contributed by atoms with Crippen molar-refractivity contribution in [1.29, 1.82) is 0 Å².